The van der Waals surface area contributed by atoms with Crippen molar-refractivity contribution in [2.75, 3.05) is 19.0 Å². The van der Waals surface area contributed by atoms with Gasteiger partial charge in [0.1, 0.15) is 17.0 Å². The average Bonchev–Trinajstić information content (AvgIpc) is 2.99. The first-order chi connectivity index (χ1) is 13.0. The monoisotopic (exact) mass is 366 g/mol. The topological polar surface area (TPSA) is 73.1 Å². The number of benzene rings is 2. The van der Waals surface area contributed by atoms with E-state index in [0.29, 0.717) is 22.9 Å². The van der Waals surface area contributed by atoms with E-state index < -0.39 is 0 Å². The molecular weight excluding hydrogens is 344 g/mol. The van der Waals surface area contributed by atoms with E-state index in [1.54, 1.807) is 20.1 Å². The molecule has 0 saturated heterocycles. The van der Waals surface area contributed by atoms with Crippen molar-refractivity contribution in [1.82, 2.24) is 0 Å². The largest absolute Gasteiger partial charge is 0.495 e. The summed E-state index contributed by atoms with van der Waals surface area (Å²) in [5.74, 6) is 0.917. The van der Waals surface area contributed by atoms with Gasteiger partial charge in [0, 0.05) is 10.9 Å². The molecule has 0 aliphatic rings. The summed E-state index contributed by atoms with van der Waals surface area (Å²) in [6, 6.07) is 13.3. The van der Waals surface area contributed by atoms with Crippen molar-refractivity contribution >= 4 is 28.3 Å². The van der Waals surface area contributed by atoms with E-state index in [0.717, 1.165) is 22.1 Å². The van der Waals surface area contributed by atoms with Crippen molar-refractivity contribution in [3.63, 3.8) is 0 Å². The molecular formula is C21H22N2O4. The molecule has 0 radical (unpaired) electrons. The second kappa shape index (κ2) is 7.95. The van der Waals surface area contributed by atoms with E-state index in [9.17, 15) is 4.79 Å². The minimum absolute atomic E-state index is 0.215. The Balaban J connectivity index is 1.65. The summed E-state index contributed by atoms with van der Waals surface area (Å²) in [4.78, 5) is 17.3. The van der Waals surface area contributed by atoms with Crippen LogP contribution in [-0.2, 0) is 9.63 Å². The highest BCUT2D eigenvalue weighted by Crippen LogP contribution is 2.26. The Morgan fingerprint density at radius 3 is 2.70 bits per heavy atom. The minimum Gasteiger partial charge on any atom is -0.495 e. The number of anilines is 1. The summed E-state index contributed by atoms with van der Waals surface area (Å²) >= 11 is 0. The first-order valence-electron chi connectivity index (χ1n) is 8.59. The lowest BCUT2D eigenvalue weighted by Gasteiger charge is -2.10. The molecule has 3 rings (SSSR count). The number of carbonyl (C=O) groups is 1. The van der Waals surface area contributed by atoms with Crippen LogP contribution >= 0.6 is 0 Å². The van der Waals surface area contributed by atoms with Crippen LogP contribution in [-0.4, -0.2) is 25.3 Å². The molecule has 6 nitrogen and oxygen atoms in total. The fourth-order valence-corrected chi connectivity index (χ4v) is 2.85. The molecule has 0 saturated carbocycles. The zero-order valence-corrected chi connectivity index (χ0v) is 15.8. The number of fused-ring (bicyclic) bond motifs is 1. The van der Waals surface area contributed by atoms with Crippen molar-refractivity contribution < 1.29 is 18.8 Å². The lowest BCUT2D eigenvalue weighted by Crippen LogP contribution is -2.18. The molecule has 0 fully saturated rings. The molecule has 1 N–H and O–H groups in total. The van der Waals surface area contributed by atoms with Gasteiger partial charge in [-0.05, 0) is 44.5 Å². The number of para-hydroxylation sites is 1. The second-order valence-corrected chi connectivity index (χ2v) is 6.25. The minimum atomic E-state index is -0.322. The van der Waals surface area contributed by atoms with Gasteiger partial charge in [-0.15, -0.1) is 0 Å². The summed E-state index contributed by atoms with van der Waals surface area (Å²) in [7, 11) is 1.56. The lowest BCUT2D eigenvalue weighted by molar-refractivity contribution is -0.120. The maximum atomic E-state index is 12.1. The van der Waals surface area contributed by atoms with Crippen molar-refractivity contribution in [2.45, 2.75) is 20.8 Å². The summed E-state index contributed by atoms with van der Waals surface area (Å²) in [5, 5.41) is 7.82. The van der Waals surface area contributed by atoms with Crippen LogP contribution in [0.4, 0.5) is 5.69 Å². The smallest absolute Gasteiger partial charge is 0.265 e. The Labute approximate surface area is 157 Å². The van der Waals surface area contributed by atoms with E-state index >= 15 is 0 Å². The number of carbonyl (C=O) groups excluding carboxylic acids is 1. The molecule has 0 aliphatic carbocycles. The van der Waals surface area contributed by atoms with Crippen LogP contribution < -0.4 is 10.1 Å². The van der Waals surface area contributed by atoms with Crippen LogP contribution in [0.2, 0.25) is 0 Å². The number of amides is 1. The number of furan rings is 1. The molecule has 0 spiro atoms. The van der Waals surface area contributed by atoms with Gasteiger partial charge in [-0.1, -0.05) is 29.4 Å². The van der Waals surface area contributed by atoms with E-state index in [1.807, 2.05) is 50.2 Å². The first kappa shape index (κ1) is 18.5. The molecule has 2 aromatic carbocycles. The summed E-state index contributed by atoms with van der Waals surface area (Å²) in [6.45, 7) is 5.48. The SMILES string of the molecule is COc1ccc(C)cc1NC(=O)CO/N=C(\C)c1oc2ccccc2c1C. The van der Waals surface area contributed by atoms with E-state index in [-0.39, 0.29) is 12.5 Å². The van der Waals surface area contributed by atoms with Crippen LogP contribution in [0, 0.1) is 13.8 Å². The third-order valence-corrected chi connectivity index (χ3v) is 4.20. The van der Waals surface area contributed by atoms with Gasteiger partial charge in [-0.3, -0.25) is 4.79 Å². The van der Waals surface area contributed by atoms with Crippen LogP contribution in [0.1, 0.15) is 23.8 Å². The number of hydrogen-bond donors (Lipinski definition) is 1. The van der Waals surface area contributed by atoms with Crippen LogP contribution in [0.25, 0.3) is 11.0 Å². The first-order valence-corrected chi connectivity index (χ1v) is 8.59. The Kier molecular flexibility index (Phi) is 5.45. The van der Waals surface area contributed by atoms with E-state index in [1.165, 1.54) is 0 Å². The van der Waals surface area contributed by atoms with Crippen molar-refractivity contribution in [3.05, 3.63) is 59.4 Å². The number of nitrogens with zero attached hydrogens (tertiary/aromatic N) is 1. The number of hydrogen-bond acceptors (Lipinski definition) is 5. The molecule has 6 heteroatoms. The highest BCUT2D eigenvalue weighted by Gasteiger charge is 2.13. The molecule has 0 atom stereocenters. The summed E-state index contributed by atoms with van der Waals surface area (Å²) in [6.07, 6.45) is 0. The van der Waals surface area contributed by atoms with Gasteiger partial charge in [0.15, 0.2) is 12.4 Å². The highest BCUT2D eigenvalue weighted by molar-refractivity contribution is 6.02. The average molecular weight is 366 g/mol. The number of methoxy groups -OCH3 is 1. The van der Waals surface area contributed by atoms with Gasteiger partial charge in [-0.2, -0.15) is 0 Å². The van der Waals surface area contributed by atoms with Gasteiger partial charge in [0.25, 0.3) is 5.91 Å². The second-order valence-electron chi connectivity index (χ2n) is 6.25. The molecule has 0 bridgehead atoms. The molecule has 0 aliphatic heterocycles. The number of oxime groups is 1. The maximum absolute atomic E-state index is 12.1. The Morgan fingerprint density at radius 1 is 1.19 bits per heavy atom. The summed E-state index contributed by atoms with van der Waals surface area (Å²) < 4.78 is 11.1. The molecule has 140 valence electrons. The standard InChI is InChI=1S/C21H22N2O4/c1-13-9-10-19(25-4)17(11-13)22-20(24)12-26-23-15(3)21-14(2)16-7-5-6-8-18(16)27-21/h5-11H,12H2,1-4H3,(H,22,24)/b23-15+. The zero-order valence-electron chi connectivity index (χ0n) is 15.8. The fourth-order valence-electron chi connectivity index (χ4n) is 2.85. The number of rotatable bonds is 6. The highest BCUT2D eigenvalue weighted by atomic mass is 16.6. The number of nitrogens with one attached hydrogen (secondary N) is 1. The van der Waals surface area contributed by atoms with Gasteiger partial charge >= 0.3 is 0 Å². The zero-order chi connectivity index (χ0) is 19.4. The van der Waals surface area contributed by atoms with Gasteiger partial charge in [0.2, 0.25) is 0 Å². The van der Waals surface area contributed by atoms with Crippen molar-refractivity contribution in [3.8, 4) is 5.75 Å². The summed E-state index contributed by atoms with van der Waals surface area (Å²) in [5.41, 5.74) is 3.97. The van der Waals surface area contributed by atoms with Gasteiger partial charge < -0.3 is 19.3 Å². The predicted octanol–water partition coefficient (Wildman–Crippen LogP) is 4.44. The normalized spacial score (nSPS) is 11.5. The Bertz CT molecular complexity index is 1000. The van der Waals surface area contributed by atoms with Crippen LogP contribution in [0.15, 0.2) is 52.0 Å². The molecule has 27 heavy (non-hydrogen) atoms. The third kappa shape index (κ3) is 4.11. The number of aryl methyl sites for hydroxylation is 2. The maximum Gasteiger partial charge on any atom is 0.265 e. The quantitative estimate of drug-likeness (QED) is 0.517. The van der Waals surface area contributed by atoms with Crippen LogP contribution in [0.5, 0.6) is 5.75 Å². The Hall–Kier alpha value is -3.28. The van der Waals surface area contributed by atoms with Gasteiger partial charge in [0.05, 0.1) is 12.8 Å². The fraction of sp³-hybridized carbons (Fsp3) is 0.238. The van der Waals surface area contributed by atoms with Gasteiger partial charge in [-0.25, -0.2) is 0 Å². The van der Waals surface area contributed by atoms with E-state index in [4.69, 9.17) is 14.0 Å². The lowest BCUT2D eigenvalue weighted by atomic mass is 10.1. The van der Waals surface area contributed by atoms with E-state index in [2.05, 4.69) is 10.5 Å². The predicted molar refractivity (Wildman–Crippen MR) is 105 cm³/mol. The van der Waals surface area contributed by atoms with Crippen molar-refractivity contribution in [1.29, 1.82) is 0 Å². The molecule has 1 aromatic heterocycles. The van der Waals surface area contributed by atoms with Crippen LogP contribution in [0.3, 0.4) is 0 Å². The molecule has 3 aromatic rings. The molecule has 0 unspecified atom stereocenters. The third-order valence-electron chi connectivity index (χ3n) is 4.20. The van der Waals surface area contributed by atoms with Crippen molar-refractivity contribution in [2.24, 2.45) is 5.16 Å². The molecule has 1 heterocycles. The Morgan fingerprint density at radius 2 is 1.96 bits per heavy atom. The number of ether oxygens (including phenoxy) is 1. The molecule has 1 amide bonds.